The Kier molecular flexibility index (Phi) is 3.84. The maximum absolute atomic E-state index is 4.46. The van der Waals surface area contributed by atoms with Crippen molar-refractivity contribution in [3.05, 3.63) is 48.5 Å². The zero-order valence-corrected chi connectivity index (χ0v) is 13.2. The molecule has 1 unspecified atom stereocenters. The van der Waals surface area contributed by atoms with Crippen LogP contribution in [0, 0.1) is 0 Å². The molecule has 0 N–H and O–H groups in total. The minimum atomic E-state index is 0.0101. The van der Waals surface area contributed by atoms with E-state index in [4.69, 9.17) is 0 Å². The van der Waals surface area contributed by atoms with E-state index in [9.17, 15) is 0 Å². The maximum Gasteiger partial charge on any atom is 0.194 e. The molecular formula is C16H18N4S. The first-order valence-electron chi connectivity index (χ1n) is 6.82. The van der Waals surface area contributed by atoms with Crippen LogP contribution in [0.5, 0.6) is 0 Å². The van der Waals surface area contributed by atoms with Crippen LogP contribution in [-0.2, 0) is 0 Å². The second-order valence-electron chi connectivity index (χ2n) is 5.15. The van der Waals surface area contributed by atoms with Crippen LogP contribution in [0.1, 0.15) is 0 Å². The van der Waals surface area contributed by atoms with Crippen molar-refractivity contribution < 1.29 is 0 Å². The van der Waals surface area contributed by atoms with Crippen molar-refractivity contribution >= 4 is 28.8 Å². The molecule has 5 heteroatoms. The van der Waals surface area contributed by atoms with Crippen molar-refractivity contribution in [2.45, 2.75) is 10.4 Å². The van der Waals surface area contributed by atoms with Gasteiger partial charge in [-0.1, -0.05) is 23.9 Å². The summed E-state index contributed by atoms with van der Waals surface area (Å²) in [7, 11) is 6.10. The Hall–Kier alpha value is -2.01. The third-order valence-electron chi connectivity index (χ3n) is 3.45. The van der Waals surface area contributed by atoms with Crippen LogP contribution in [0.2, 0.25) is 0 Å². The third-order valence-corrected chi connectivity index (χ3v) is 4.67. The Balaban J connectivity index is 1.73. The molecule has 21 heavy (non-hydrogen) atoms. The van der Waals surface area contributed by atoms with Gasteiger partial charge in [0.2, 0.25) is 0 Å². The zero-order valence-electron chi connectivity index (χ0n) is 12.4. The number of para-hydroxylation sites is 1. The summed E-state index contributed by atoms with van der Waals surface area (Å²) in [5, 5.41) is 8.83. The molecule has 0 saturated carbocycles. The molecule has 2 aromatic carbocycles. The van der Waals surface area contributed by atoms with Crippen molar-refractivity contribution in [3.63, 3.8) is 0 Å². The number of azo groups is 1. The van der Waals surface area contributed by atoms with Crippen LogP contribution in [0.15, 0.2) is 63.7 Å². The predicted octanol–water partition coefficient (Wildman–Crippen LogP) is 4.36. The standard InChI is InChI=1S/C16H18N4S/c1-19(2)13-10-8-12(9-11-13)17-18-16-20(3)14-6-4-5-7-15(14)21-16/h4-11,16H,1-3H3/b18-17+. The summed E-state index contributed by atoms with van der Waals surface area (Å²) in [5.41, 5.74) is 3.27. The molecule has 0 fully saturated rings. The normalized spacial score (nSPS) is 17.3. The summed E-state index contributed by atoms with van der Waals surface area (Å²) in [6.45, 7) is 0. The SMILES string of the molecule is CN(C)c1ccc(/N=N/C2Sc3ccccc3N2C)cc1. The molecule has 4 nitrogen and oxygen atoms in total. The summed E-state index contributed by atoms with van der Waals surface area (Å²) in [6.07, 6.45) is 0. The first-order chi connectivity index (χ1) is 10.1. The monoisotopic (exact) mass is 298 g/mol. The van der Waals surface area contributed by atoms with Crippen molar-refractivity contribution in [2.75, 3.05) is 30.9 Å². The average molecular weight is 298 g/mol. The molecular weight excluding hydrogens is 280 g/mol. The lowest BCUT2D eigenvalue weighted by molar-refractivity contribution is 0.836. The molecule has 0 saturated heterocycles. The van der Waals surface area contributed by atoms with Gasteiger partial charge in [-0.2, -0.15) is 10.2 Å². The number of thioether (sulfide) groups is 1. The topological polar surface area (TPSA) is 31.2 Å². The molecule has 0 bridgehead atoms. The van der Waals surface area contributed by atoms with E-state index in [2.05, 4.69) is 63.5 Å². The van der Waals surface area contributed by atoms with Gasteiger partial charge in [-0.15, -0.1) is 0 Å². The van der Waals surface area contributed by atoms with E-state index in [1.807, 2.05) is 26.2 Å². The van der Waals surface area contributed by atoms with Crippen LogP contribution in [0.4, 0.5) is 17.1 Å². The third kappa shape index (κ3) is 2.88. The minimum Gasteiger partial charge on any atom is -0.378 e. The number of hydrogen-bond acceptors (Lipinski definition) is 5. The molecule has 0 radical (unpaired) electrons. The molecule has 0 aromatic heterocycles. The lowest BCUT2D eigenvalue weighted by Gasteiger charge is -2.16. The van der Waals surface area contributed by atoms with Gasteiger partial charge < -0.3 is 9.80 Å². The molecule has 1 aliphatic rings. The highest BCUT2D eigenvalue weighted by Gasteiger charge is 2.26. The largest absolute Gasteiger partial charge is 0.378 e. The van der Waals surface area contributed by atoms with Gasteiger partial charge in [0, 0.05) is 31.7 Å². The number of nitrogens with zero attached hydrogens (tertiary/aromatic N) is 4. The Bertz CT molecular complexity index is 652. The molecule has 1 aliphatic heterocycles. The van der Waals surface area contributed by atoms with Crippen molar-refractivity contribution in [1.29, 1.82) is 0 Å². The zero-order chi connectivity index (χ0) is 14.8. The molecule has 0 spiro atoms. The summed E-state index contributed by atoms with van der Waals surface area (Å²) in [4.78, 5) is 5.47. The van der Waals surface area contributed by atoms with Crippen LogP contribution in [-0.4, -0.2) is 26.6 Å². The van der Waals surface area contributed by atoms with E-state index in [1.165, 1.54) is 10.6 Å². The molecule has 1 heterocycles. The Morgan fingerprint density at radius 1 is 1.05 bits per heavy atom. The van der Waals surface area contributed by atoms with Crippen molar-refractivity contribution in [1.82, 2.24) is 0 Å². The number of anilines is 2. The quantitative estimate of drug-likeness (QED) is 0.789. The van der Waals surface area contributed by atoms with Gasteiger partial charge in [-0.05, 0) is 36.4 Å². The van der Waals surface area contributed by atoms with Crippen molar-refractivity contribution in [2.24, 2.45) is 10.2 Å². The fourth-order valence-electron chi connectivity index (χ4n) is 2.19. The Morgan fingerprint density at radius 3 is 2.43 bits per heavy atom. The lowest BCUT2D eigenvalue weighted by Crippen LogP contribution is -2.21. The molecule has 108 valence electrons. The summed E-state index contributed by atoms with van der Waals surface area (Å²) in [6, 6.07) is 16.4. The summed E-state index contributed by atoms with van der Waals surface area (Å²) >= 11 is 1.73. The van der Waals surface area contributed by atoms with E-state index in [1.54, 1.807) is 11.8 Å². The number of rotatable bonds is 3. The molecule has 2 aromatic rings. The smallest absolute Gasteiger partial charge is 0.194 e. The minimum absolute atomic E-state index is 0.0101. The highest BCUT2D eigenvalue weighted by atomic mass is 32.2. The summed E-state index contributed by atoms with van der Waals surface area (Å²) in [5.74, 6) is 0. The van der Waals surface area contributed by atoms with Gasteiger partial charge in [0.15, 0.2) is 5.50 Å². The van der Waals surface area contributed by atoms with E-state index in [-0.39, 0.29) is 5.50 Å². The van der Waals surface area contributed by atoms with E-state index in [0.29, 0.717) is 0 Å². The van der Waals surface area contributed by atoms with Crippen LogP contribution in [0.3, 0.4) is 0 Å². The van der Waals surface area contributed by atoms with E-state index < -0.39 is 0 Å². The van der Waals surface area contributed by atoms with Crippen LogP contribution in [0.25, 0.3) is 0 Å². The van der Waals surface area contributed by atoms with Gasteiger partial charge in [-0.3, -0.25) is 0 Å². The molecule has 1 atom stereocenters. The van der Waals surface area contributed by atoms with Gasteiger partial charge in [-0.25, -0.2) is 0 Å². The Labute approximate surface area is 129 Å². The van der Waals surface area contributed by atoms with Gasteiger partial charge >= 0.3 is 0 Å². The number of benzene rings is 2. The maximum atomic E-state index is 4.46. The second kappa shape index (κ2) is 5.77. The highest BCUT2D eigenvalue weighted by molar-refractivity contribution is 8.00. The molecule has 3 rings (SSSR count). The first-order valence-corrected chi connectivity index (χ1v) is 7.70. The fourth-order valence-corrected chi connectivity index (χ4v) is 3.28. The number of hydrogen-bond donors (Lipinski definition) is 0. The van der Waals surface area contributed by atoms with Crippen LogP contribution >= 0.6 is 11.8 Å². The van der Waals surface area contributed by atoms with E-state index in [0.717, 1.165) is 11.4 Å². The second-order valence-corrected chi connectivity index (χ2v) is 6.25. The van der Waals surface area contributed by atoms with Gasteiger partial charge in [0.05, 0.1) is 11.4 Å². The molecule has 0 aliphatic carbocycles. The Morgan fingerprint density at radius 2 is 1.76 bits per heavy atom. The summed E-state index contributed by atoms with van der Waals surface area (Å²) < 4.78 is 0. The molecule has 0 amide bonds. The van der Waals surface area contributed by atoms with E-state index >= 15 is 0 Å². The predicted molar refractivity (Wildman–Crippen MR) is 89.8 cm³/mol. The number of fused-ring (bicyclic) bond motifs is 1. The van der Waals surface area contributed by atoms with Gasteiger partial charge in [0.25, 0.3) is 0 Å². The van der Waals surface area contributed by atoms with Crippen molar-refractivity contribution in [3.8, 4) is 0 Å². The highest BCUT2D eigenvalue weighted by Crippen LogP contribution is 2.42. The average Bonchev–Trinajstić information content (AvgIpc) is 2.82. The van der Waals surface area contributed by atoms with Crippen LogP contribution < -0.4 is 9.80 Å². The van der Waals surface area contributed by atoms with Gasteiger partial charge in [0.1, 0.15) is 0 Å². The lowest BCUT2D eigenvalue weighted by atomic mass is 10.3. The first kappa shape index (κ1) is 13.9. The fraction of sp³-hybridized carbons (Fsp3) is 0.250.